The van der Waals surface area contributed by atoms with Crippen LogP contribution >= 0.6 is 0 Å². The Labute approximate surface area is 141 Å². The Balaban J connectivity index is 1.82. The fraction of sp³-hybridized carbons (Fsp3) is 0.474. The molecule has 1 aromatic carbocycles. The minimum absolute atomic E-state index is 0.118. The summed E-state index contributed by atoms with van der Waals surface area (Å²) in [5, 5.41) is 7.66. The lowest BCUT2D eigenvalue weighted by Crippen LogP contribution is -2.41. The van der Waals surface area contributed by atoms with Crippen molar-refractivity contribution in [3.05, 3.63) is 47.0 Å². The summed E-state index contributed by atoms with van der Waals surface area (Å²) in [4.78, 5) is 12.7. The quantitative estimate of drug-likeness (QED) is 0.909. The number of fused-ring (bicyclic) bond motifs is 5. The first-order valence-corrected chi connectivity index (χ1v) is 8.55. The number of nitrogens with one attached hydrogen (secondary N) is 1. The first-order chi connectivity index (χ1) is 11.3. The zero-order valence-electron chi connectivity index (χ0n) is 14.3. The maximum atomic E-state index is 13.3. The molecule has 1 saturated carbocycles. The van der Waals surface area contributed by atoms with Gasteiger partial charge in [-0.3, -0.25) is 4.79 Å². The van der Waals surface area contributed by atoms with E-state index in [1.54, 1.807) is 12.1 Å². The Bertz CT molecular complexity index is 801. The molecule has 0 unspecified atom stereocenters. The number of hydrogen-bond acceptors (Lipinski definition) is 2. The van der Waals surface area contributed by atoms with Crippen LogP contribution in [-0.2, 0) is 0 Å². The molecule has 1 fully saturated rings. The number of halogens is 1. The van der Waals surface area contributed by atoms with Crippen molar-refractivity contribution in [2.24, 2.45) is 0 Å². The van der Waals surface area contributed by atoms with Crippen LogP contribution in [0, 0.1) is 5.82 Å². The largest absolute Gasteiger partial charge is 0.346 e. The molecule has 1 heterocycles. The van der Waals surface area contributed by atoms with Crippen molar-refractivity contribution in [3.63, 3.8) is 0 Å². The zero-order chi connectivity index (χ0) is 17.1. The van der Waals surface area contributed by atoms with Crippen LogP contribution in [0.1, 0.15) is 73.6 Å². The third-order valence-corrected chi connectivity index (χ3v) is 4.96. The maximum Gasteiger partial charge on any atom is 0.272 e. The van der Waals surface area contributed by atoms with Gasteiger partial charge in [0.2, 0.25) is 0 Å². The number of benzene rings is 1. The first kappa shape index (κ1) is 15.4. The summed E-state index contributed by atoms with van der Waals surface area (Å²) >= 11 is 0. The van der Waals surface area contributed by atoms with Crippen LogP contribution in [-0.4, -0.2) is 21.2 Å². The molecule has 4 nitrogen and oxygen atoms in total. The van der Waals surface area contributed by atoms with E-state index in [4.69, 9.17) is 0 Å². The molecule has 4 rings (SSSR count). The Kier molecular flexibility index (Phi) is 3.31. The highest BCUT2D eigenvalue weighted by Crippen LogP contribution is 2.54. The molecule has 0 radical (unpaired) electrons. The second-order valence-corrected chi connectivity index (χ2v) is 7.95. The van der Waals surface area contributed by atoms with E-state index < -0.39 is 0 Å². The third-order valence-electron chi connectivity index (χ3n) is 4.96. The van der Waals surface area contributed by atoms with Crippen molar-refractivity contribution in [2.75, 3.05) is 0 Å². The van der Waals surface area contributed by atoms with Crippen LogP contribution in [0.3, 0.4) is 0 Å². The smallest absolute Gasteiger partial charge is 0.272 e. The summed E-state index contributed by atoms with van der Waals surface area (Å²) in [5.41, 5.74) is 3.31. The standard InChI is InChI=1S/C19H22FN3O/c1-19(2,3)21-18(24)16-15-11-4-5-12(10-11)17(15)23(22-16)14-8-6-13(20)7-9-14/h6-9,11-12H,4-5,10H2,1-3H3,(H,21,24)/t11-,12-/m0/s1. The second-order valence-electron chi connectivity index (χ2n) is 7.95. The van der Waals surface area contributed by atoms with E-state index in [0.29, 0.717) is 17.5 Å². The molecule has 0 spiro atoms. The van der Waals surface area contributed by atoms with Crippen molar-refractivity contribution < 1.29 is 9.18 Å². The predicted octanol–water partition coefficient (Wildman–Crippen LogP) is 3.90. The molecular weight excluding hydrogens is 305 g/mol. The lowest BCUT2D eigenvalue weighted by molar-refractivity contribution is 0.0912. The summed E-state index contributed by atoms with van der Waals surface area (Å²) < 4.78 is 15.1. The van der Waals surface area contributed by atoms with Gasteiger partial charge in [0.05, 0.1) is 11.4 Å². The minimum atomic E-state index is -0.304. The van der Waals surface area contributed by atoms with E-state index in [0.717, 1.165) is 36.2 Å². The molecule has 126 valence electrons. The lowest BCUT2D eigenvalue weighted by atomic mass is 9.95. The molecule has 1 amide bonds. The van der Waals surface area contributed by atoms with Crippen LogP contribution in [0.5, 0.6) is 0 Å². The van der Waals surface area contributed by atoms with Gasteiger partial charge in [0, 0.05) is 17.0 Å². The Morgan fingerprint density at radius 1 is 1.21 bits per heavy atom. The molecular formula is C19H22FN3O. The molecule has 2 aliphatic carbocycles. The van der Waals surface area contributed by atoms with Gasteiger partial charge >= 0.3 is 0 Å². The van der Waals surface area contributed by atoms with Crippen molar-refractivity contribution in [3.8, 4) is 5.69 Å². The van der Waals surface area contributed by atoms with Gasteiger partial charge in [0.1, 0.15) is 5.82 Å². The van der Waals surface area contributed by atoms with Crippen molar-refractivity contribution in [2.45, 2.75) is 57.4 Å². The summed E-state index contributed by atoms with van der Waals surface area (Å²) in [6.45, 7) is 5.90. The number of carbonyl (C=O) groups excluding carboxylic acids is 1. The number of amides is 1. The van der Waals surface area contributed by atoms with Gasteiger partial charge in [0.25, 0.3) is 5.91 Å². The number of aromatic nitrogens is 2. The Morgan fingerprint density at radius 2 is 1.88 bits per heavy atom. The number of rotatable bonds is 2. The number of nitrogens with zero attached hydrogens (tertiary/aromatic N) is 2. The fourth-order valence-electron chi connectivity index (χ4n) is 4.08. The molecule has 24 heavy (non-hydrogen) atoms. The molecule has 2 atom stereocenters. The van der Waals surface area contributed by atoms with Gasteiger partial charge in [-0.15, -0.1) is 0 Å². The van der Waals surface area contributed by atoms with Crippen molar-refractivity contribution >= 4 is 5.91 Å². The van der Waals surface area contributed by atoms with E-state index in [1.807, 2.05) is 25.5 Å². The SMILES string of the molecule is CC(C)(C)NC(=O)c1nn(-c2ccc(F)cc2)c2c1[C@H]1CC[C@H]2C1. The van der Waals surface area contributed by atoms with Crippen LogP contribution in [0.25, 0.3) is 5.69 Å². The topological polar surface area (TPSA) is 46.9 Å². The van der Waals surface area contributed by atoms with Crippen LogP contribution < -0.4 is 5.32 Å². The number of hydrogen-bond donors (Lipinski definition) is 1. The molecule has 5 heteroatoms. The molecule has 1 N–H and O–H groups in total. The van der Waals surface area contributed by atoms with Gasteiger partial charge in [0.15, 0.2) is 5.69 Å². The fourth-order valence-corrected chi connectivity index (χ4v) is 4.08. The van der Waals surface area contributed by atoms with Crippen LogP contribution in [0.4, 0.5) is 4.39 Å². The molecule has 2 aromatic rings. The summed E-state index contributed by atoms with van der Waals surface area (Å²) in [7, 11) is 0. The highest BCUT2D eigenvalue weighted by atomic mass is 19.1. The zero-order valence-corrected chi connectivity index (χ0v) is 14.3. The van der Waals surface area contributed by atoms with Crippen LogP contribution in [0.15, 0.2) is 24.3 Å². The molecule has 2 aliphatic rings. The summed E-state index contributed by atoms with van der Waals surface area (Å²) in [5.74, 6) is 0.501. The minimum Gasteiger partial charge on any atom is -0.346 e. The Morgan fingerprint density at radius 3 is 2.54 bits per heavy atom. The van der Waals surface area contributed by atoms with Gasteiger partial charge < -0.3 is 5.32 Å². The van der Waals surface area contributed by atoms with E-state index in [2.05, 4.69) is 10.4 Å². The second kappa shape index (κ2) is 5.16. The average Bonchev–Trinajstić information content (AvgIpc) is 3.18. The molecule has 0 aliphatic heterocycles. The van der Waals surface area contributed by atoms with Gasteiger partial charge in [-0.05, 0) is 70.2 Å². The van der Waals surface area contributed by atoms with Crippen LogP contribution in [0.2, 0.25) is 0 Å². The molecule has 0 saturated heterocycles. The van der Waals surface area contributed by atoms with Gasteiger partial charge in [-0.1, -0.05) is 0 Å². The summed E-state index contributed by atoms with van der Waals surface area (Å²) in [6.07, 6.45) is 3.37. The first-order valence-electron chi connectivity index (χ1n) is 8.55. The van der Waals surface area contributed by atoms with E-state index in [-0.39, 0.29) is 17.3 Å². The maximum absolute atomic E-state index is 13.3. The Hall–Kier alpha value is -2.17. The molecule has 1 aromatic heterocycles. The van der Waals surface area contributed by atoms with Crippen molar-refractivity contribution in [1.82, 2.24) is 15.1 Å². The monoisotopic (exact) mass is 327 g/mol. The normalized spacial score (nSPS) is 21.8. The lowest BCUT2D eigenvalue weighted by Gasteiger charge is -2.20. The van der Waals surface area contributed by atoms with E-state index in [1.165, 1.54) is 12.1 Å². The summed E-state index contributed by atoms with van der Waals surface area (Å²) in [6, 6.07) is 6.32. The van der Waals surface area contributed by atoms with E-state index >= 15 is 0 Å². The predicted molar refractivity (Wildman–Crippen MR) is 90.1 cm³/mol. The highest BCUT2D eigenvalue weighted by Gasteiger charge is 2.44. The number of carbonyl (C=O) groups is 1. The van der Waals surface area contributed by atoms with E-state index in [9.17, 15) is 9.18 Å². The highest BCUT2D eigenvalue weighted by molar-refractivity contribution is 5.95. The third kappa shape index (κ3) is 2.43. The van der Waals surface area contributed by atoms with Crippen molar-refractivity contribution in [1.29, 1.82) is 0 Å². The van der Waals surface area contributed by atoms with Gasteiger partial charge in [-0.2, -0.15) is 5.10 Å². The van der Waals surface area contributed by atoms with Gasteiger partial charge in [-0.25, -0.2) is 9.07 Å². The average molecular weight is 327 g/mol. The molecule has 2 bridgehead atoms.